The lowest BCUT2D eigenvalue weighted by Crippen LogP contribution is -2.46. The molecule has 172 valence electrons. The van der Waals surface area contributed by atoms with E-state index in [2.05, 4.69) is 27.3 Å². The number of anilines is 1. The van der Waals surface area contributed by atoms with Gasteiger partial charge in [0.2, 0.25) is 5.82 Å². The number of amides is 2. The first kappa shape index (κ1) is 22.3. The SMILES string of the molecule is C=C(/C=C\C=C/C)[C@H]1OCCn2nc(C(=O)N[C@H]3COc4cc(F)cc(F)c4NC3=O)nc21. The largest absolute Gasteiger partial charge is 0.488 e. The Labute approximate surface area is 187 Å². The number of benzene rings is 1. The minimum absolute atomic E-state index is 0.169. The van der Waals surface area contributed by atoms with Crippen LogP contribution >= 0.6 is 0 Å². The zero-order chi connectivity index (χ0) is 23.5. The zero-order valence-corrected chi connectivity index (χ0v) is 17.7. The summed E-state index contributed by atoms with van der Waals surface area (Å²) in [5.74, 6) is -3.21. The molecule has 11 heteroatoms. The van der Waals surface area contributed by atoms with Crippen LogP contribution in [-0.4, -0.2) is 45.8 Å². The van der Waals surface area contributed by atoms with Crippen LogP contribution in [-0.2, 0) is 16.1 Å². The maximum Gasteiger partial charge on any atom is 0.291 e. The molecule has 0 radical (unpaired) electrons. The number of nitrogens with zero attached hydrogens (tertiary/aromatic N) is 3. The highest BCUT2D eigenvalue weighted by Crippen LogP contribution is 2.31. The molecule has 0 unspecified atom stereocenters. The fraction of sp³-hybridized carbons (Fsp3) is 0.273. The number of carbonyl (C=O) groups is 2. The monoisotopic (exact) mass is 457 g/mol. The Bertz CT molecular complexity index is 1170. The van der Waals surface area contributed by atoms with E-state index in [0.29, 0.717) is 30.6 Å². The number of aromatic nitrogens is 3. The molecule has 0 aliphatic carbocycles. The van der Waals surface area contributed by atoms with Gasteiger partial charge in [-0.2, -0.15) is 0 Å². The number of hydrogen-bond acceptors (Lipinski definition) is 6. The molecule has 9 nitrogen and oxygen atoms in total. The van der Waals surface area contributed by atoms with Gasteiger partial charge in [-0.05, 0) is 12.5 Å². The van der Waals surface area contributed by atoms with E-state index in [1.54, 1.807) is 10.8 Å². The van der Waals surface area contributed by atoms with E-state index in [1.165, 1.54) is 0 Å². The summed E-state index contributed by atoms with van der Waals surface area (Å²) in [6, 6.07) is 0.394. The van der Waals surface area contributed by atoms with Crippen molar-refractivity contribution in [2.45, 2.75) is 25.6 Å². The van der Waals surface area contributed by atoms with Crippen LogP contribution in [0.25, 0.3) is 0 Å². The van der Waals surface area contributed by atoms with Gasteiger partial charge in [-0.25, -0.2) is 18.4 Å². The summed E-state index contributed by atoms with van der Waals surface area (Å²) in [7, 11) is 0. The topological polar surface area (TPSA) is 107 Å². The fourth-order valence-electron chi connectivity index (χ4n) is 3.37. The van der Waals surface area contributed by atoms with Gasteiger partial charge in [-0.3, -0.25) is 9.59 Å². The normalized spacial score (nSPS) is 20.0. The maximum absolute atomic E-state index is 14.0. The predicted molar refractivity (Wildman–Crippen MR) is 114 cm³/mol. The van der Waals surface area contributed by atoms with Crippen LogP contribution in [0.15, 0.2) is 48.6 Å². The molecule has 0 spiro atoms. The molecule has 4 rings (SSSR count). The molecule has 2 amide bonds. The van der Waals surface area contributed by atoms with Crippen LogP contribution in [0.2, 0.25) is 0 Å². The van der Waals surface area contributed by atoms with Crippen LogP contribution in [0.4, 0.5) is 14.5 Å². The lowest BCUT2D eigenvalue weighted by atomic mass is 10.1. The number of ether oxygens (including phenoxy) is 2. The van der Waals surface area contributed by atoms with Crippen LogP contribution in [0.3, 0.4) is 0 Å². The minimum Gasteiger partial charge on any atom is -0.488 e. The lowest BCUT2D eigenvalue weighted by molar-refractivity contribution is -0.118. The lowest BCUT2D eigenvalue weighted by Gasteiger charge is -2.23. The Kier molecular flexibility index (Phi) is 6.31. The molecular weight excluding hydrogens is 436 g/mol. The third kappa shape index (κ3) is 4.67. The molecule has 2 N–H and O–H groups in total. The summed E-state index contributed by atoms with van der Waals surface area (Å²) >= 11 is 0. The summed E-state index contributed by atoms with van der Waals surface area (Å²) in [6.45, 7) is 6.30. The Morgan fingerprint density at radius 1 is 1.36 bits per heavy atom. The van der Waals surface area contributed by atoms with Crippen molar-refractivity contribution in [2.75, 3.05) is 18.5 Å². The van der Waals surface area contributed by atoms with E-state index in [0.717, 1.165) is 6.07 Å². The van der Waals surface area contributed by atoms with Gasteiger partial charge in [0.1, 0.15) is 36.0 Å². The molecular formula is C22H21F2N5O4. The van der Waals surface area contributed by atoms with Gasteiger partial charge >= 0.3 is 0 Å². The Balaban J connectivity index is 1.49. The quantitative estimate of drug-likeness (QED) is 0.668. The van der Waals surface area contributed by atoms with Crippen molar-refractivity contribution < 1.29 is 27.8 Å². The average molecular weight is 457 g/mol. The molecule has 2 atom stereocenters. The van der Waals surface area contributed by atoms with Gasteiger partial charge in [0.05, 0.1) is 13.2 Å². The standard InChI is InChI=1S/C22H21F2N5O4/c1-3-4-5-6-12(2)18-20-27-19(28-29(20)7-8-32-18)22(31)25-15-11-33-16-10-13(23)9-14(24)17(16)26-21(15)30/h3-6,9-10,15,18H,2,7-8,11H2,1H3,(H,25,31)(H,26,30)/b4-3-,6-5-/t15-,18+/m0/s1. The molecule has 33 heavy (non-hydrogen) atoms. The third-order valence-corrected chi connectivity index (χ3v) is 4.97. The fourth-order valence-corrected chi connectivity index (χ4v) is 3.37. The second-order valence-corrected chi connectivity index (χ2v) is 7.31. The number of rotatable bonds is 5. The van der Waals surface area contributed by atoms with Crippen molar-refractivity contribution in [3.8, 4) is 5.75 Å². The first-order valence-electron chi connectivity index (χ1n) is 10.2. The van der Waals surface area contributed by atoms with Gasteiger partial charge in [0.15, 0.2) is 11.6 Å². The maximum atomic E-state index is 14.0. The third-order valence-electron chi connectivity index (χ3n) is 4.97. The summed E-state index contributed by atoms with van der Waals surface area (Å²) in [5, 5.41) is 8.99. The number of hydrogen-bond donors (Lipinski definition) is 2. The molecule has 0 saturated carbocycles. The van der Waals surface area contributed by atoms with Crippen LogP contribution in [0.5, 0.6) is 5.75 Å². The van der Waals surface area contributed by atoms with Gasteiger partial charge in [0.25, 0.3) is 11.8 Å². The molecule has 3 heterocycles. The zero-order valence-electron chi connectivity index (χ0n) is 17.7. The Morgan fingerprint density at radius 3 is 2.97 bits per heavy atom. The molecule has 2 aromatic rings. The van der Waals surface area contributed by atoms with Crippen molar-refractivity contribution in [1.82, 2.24) is 20.1 Å². The Hall–Kier alpha value is -3.86. The number of carbonyl (C=O) groups excluding carboxylic acids is 2. The molecule has 0 saturated heterocycles. The van der Waals surface area contributed by atoms with Gasteiger partial charge in [-0.15, -0.1) is 5.10 Å². The van der Waals surface area contributed by atoms with Crippen molar-refractivity contribution in [3.63, 3.8) is 0 Å². The highest BCUT2D eigenvalue weighted by atomic mass is 19.1. The number of allylic oxidation sites excluding steroid dienone is 3. The van der Waals surface area contributed by atoms with Crippen LogP contribution < -0.4 is 15.4 Å². The highest BCUT2D eigenvalue weighted by Gasteiger charge is 2.32. The van der Waals surface area contributed by atoms with Crippen molar-refractivity contribution in [3.05, 3.63) is 71.9 Å². The van der Waals surface area contributed by atoms with E-state index in [1.807, 2.05) is 25.2 Å². The minimum atomic E-state index is -1.18. The van der Waals surface area contributed by atoms with E-state index < -0.39 is 35.6 Å². The highest BCUT2D eigenvalue weighted by molar-refractivity contribution is 6.01. The predicted octanol–water partition coefficient (Wildman–Crippen LogP) is 2.45. The van der Waals surface area contributed by atoms with Crippen molar-refractivity contribution in [2.24, 2.45) is 0 Å². The number of halogens is 2. The summed E-state index contributed by atoms with van der Waals surface area (Å²) in [6.07, 6.45) is 6.72. The van der Waals surface area contributed by atoms with Crippen LogP contribution in [0.1, 0.15) is 29.5 Å². The smallest absolute Gasteiger partial charge is 0.291 e. The van der Waals surface area contributed by atoms with E-state index in [9.17, 15) is 18.4 Å². The average Bonchev–Trinajstić information content (AvgIpc) is 3.16. The number of fused-ring (bicyclic) bond motifs is 2. The first-order valence-corrected chi connectivity index (χ1v) is 10.2. The Morgan fingerprint density at radius 2 is 2.18 bits per heavy atom. The van der Waals surface area contributed by atoms with E-state index >= 15 is 0 Å². The molecule has 0 bridgehead atoms. The van der Waals surface area contributed by atoms with E-state index in [4.69, 9.17) is 9.47 Å². The van der Waals surface area contributed by atoms with Gasteiger partial charge < -0.3 is 20.1 Å². The number of nitrogens with one attached hydrogen (secondary N) is 2. The molecule has 1 aromatic heterocycles. The van der Waals surface area contributed by atoms with Crippen LogP contribution in [0, 0.1) is 11.6 Å². The summed E-state index contributed by atoms with van der Waals surface area (Å²) < 4.78 is 40.1. The van der Waals surface area contributed by atoms with Gasteiger partial charge in [-0.1, -0.05) is 30.9 Å². The summed E-state index contributed by atoms with van der Waals surface area (Å²) in [4.78, 5) is 29.5. The van der Waals surface area contributed by atoms with Gasteiger partial charge in [0, 0.05) is 12.1 Å². The second-order valence-electron chi connectivity index (χ2n) is 7.31. The van der Waals surface area contributed by atoms with Crippen molar-refractivity contribution >= 4 is 17.5 Å². The van der Waals surface area contributed by atoms with Crippen molar-refractivity contribution in [1.29, 1.82) is 0 Å². The molecule has 0 fully saturated rings. The first-order chi connectivity index (χ1) is 15.9. The van der Waals surface area contributed by atoms with E-state index in [-0.39, 0.29) is 23.9 Å². The molecule has 1 aromatic carbocycles. The molecule has 2 aliphatic rings. The molecule has 2 aliphatic heterocycles. The second kappa shape index (κ2) is 9.33. The summed E-state index contributed by atoms with van der Waals surface area (Å²) in [5.41, 5.74) is 0.343.